The van der Waals surface area contributed by atoms with Gasteiger partial charge in [-0.1, -0.05) is 52.8 Å². The maximum atomic E-state index is 12.8. The molecule has 33 heavy (non-hydrogen) atoms. The third-order valence-corrected chi connectivity index (χ3v) is 5.88. The van der Waals surface area contributed by atoms with Gasteiger partial charge in [-0.05, 0) is 26.0 Å². The second kappa shape index (κ2) is 8.90. The van der Waals surface area contributed by atoms with Crippen LogP contribution < -0.4 is 4.74 Å². The Kier molecular flexibility index (Phi) is 5.64. The lowest BCUT2D eigenvalue weighted by atomic mass is 10.1. The maximum absolute atomic E-state index is 12.8. The number of nitrogens with zero attached hydrogens (tertiary/aromatic N) is 4. The highest BCUT2D eigenvalue weighted by Crippen LogP contribution is 2.32. The normalized spacial score (nSPS) is 15.7. The number of carbonyl (C=O) groups excluding carboxylic acids is 1. The molecule has 1 unspecified atom stereocenters. The van der Waals surface area contributed by atoms with Gasteiger partial charge in [0.15, 0.2) is 0 Å². The predicted octanol–water partition coefficient (Wildman–Crippen LogP) is 4.23. The van der Waals surface area contributed by atoms with Gasteiger partial charge in [0.25, 0.3) is 5.89 Å². The van der Waals surface area contributed by atoms with Crippen molar-refractivity contribution in [2.24, 2.45) is 0 Å². The third-order valence-electron chi connectivity index (χ3n) is 5.88. The van der Waals surface area contributed by atoms with Crippen LogP contribution >= 0.6 is 0 Å². The van der Waals surface area contributed by atoms with Crippen molar-refractivity contribution >= 4 is 5.91 Å². The van der Waals surface area contributed by atoms with Crippen LogP contribution in [-0.2, 0) is 11.2 Å². The van der Waals surface area contributed by atoms with Crippen LogP contribution in [-0.4, -0.2) is 45.3 Å². The molecule has 0 radical (unpaired) electrons. The van der Waals surface area contributed by atoms with Crippen LogP contribution in [0.15, 0.2) is 63.6 Å². The van der Waals surface area contributed by atoms with Gasteiger partial charge in [-0.3, -0.25) is 4.79 Å². The van der Waals surface area contributed by atoms with E-state index in [0.29, 0.717) is 36.3 Å². The van der Waals surface area contributed by atoms with Gasteiger partial charge >= 0.3 is 0 Å². The fourth-order valence-electron chi connectivity index (χ4n) is 4.03. The minimum Gasteiger partial charge on any atom is -0.488 e. The number of ether oxygens (including phenoxy) is 1. The SMILES string of the molecule is Cc1noc(C)c1CC(=O)N1CCC(Oc2ccccc2-c2nc(-c3ccccc3)no2)C1. The molecule has 0 N–H and O–H groups in total. The average Bonchev–Trinajstić information content (AvgIpc) is 3.58. The van der Waals surface area contributed by atoms with Gasteiger partial charge in [0.2, 0.25) is 11.7 Å². The summed E-state index contributed by atoms with van der Waals surface area (Å²) in [5.41, 5.74) is 3.23. The molecular weight excluding hydrogens is 420 g/mol. The zero-order valence-corrected chi connectivity index (χ0v) is 18.5. The summed E-state index contributed by atoms with van der Waals surface area (Å²) in [4.78, 5) is 19.2. The second-order valence-corrected chi connectivity index (χ2v) is 8.13. The third kappa shape index (κ3) is 4.37. The first-order valence-electron chi connectivity index (χ1n) is 10.9. The number of carbonyl (C=O) groups is 1. The molecule has 4 aromatic rings. The van der Waals surface area contributed by atoms with Crippen LogP contribution in [0.5, 0.6) is 5.75 Å². The number of aryl methyl sites for hydroxylation is 2. The number of likely N-dealkylation sites (tertiary alicyclic amines) is 1. The zero-order valence-electron chi connectivity index (χ0n) is 18.5. The molecule has 0 aliphatic carbocycles. The number of hydrogen-bond donors (Lipinski definition) is 0. The molecule has 8 nitrogen and oxygen atoms in total. The highest BCUT2D eigenvalue weighted by atomic mass is 16.5. The Hall–Kier alpha value is -3.94. The van der Waals surface area contributed by atoms with Crippen LogP contribution in [0, 0.1) is 13.8 Å². The predicted molar refractivity (Wildman–Crippen MR) is 120 cm³/mol. The van der Waals surface area contributed by atoms with Crippen molar-refractivity contribution in [3.05, 3.63) is 71.6 Å². The van der Waals surface area contributed by atoms with Gasteiger partial charge in [0.1, 0.15) is 17.6 Å². The van der Waals surface area contributed by atoms with Crippen LogP contribution in [0.3, 0.4) is 0 Å². The van der Waals surface area contributed by atoms with Gasteiger partial charge in [-0.25, -0.2) is 0 Å². The quantitative estimate of drug-likeness (QED) is 0.439. The van der Waals surface area contributed by atoms with Gasteiger partial charge in [0.05, 0.1) is 24.2 Å². The lowest BCUT2D eigenvalue weighted by molar-refractivity contribution is -0.129. The van der Waals surface area contributed by atoms with E-state index in [1.807, 2.05) is 73.3 Å². The first-order chi connectivity index (χ1) is 16.1. The van der Waals surface area contributed by atoms with Crippen molar-refractivity contribution in [2.75, 3.05) is 13.1 Å². The summed E-state index contributed by atoms with van der Waals surface area (Å²) in [5, 5.41) is 8.05. The summed E-state index contributed by atoms with van der Waals surface area (Å²) in [7, 11) is 0. The van der Waals surface area contributed by atoms with Crippen molar-refractivity contribution in [2.45, 2.75) is 32.8 Å². The van der Waals surface area contributed by atoms with E-state index in [1.165, 1.54) is 0 Å². The fourth-order valence-corrected chi connectivity index (χ4v) is 4.03. The largest absolute Gasteiger partial charge is 0.488 e. The Morgan fingerprint density at radius 3 is 2.64 bits per heavy atom. The molecule has 1 fully saturated rings. The molecular formula is C25H24N4O4. The van der Waals surface area contributed by atoms with Gasteiger partial charge in [0, 0.05) is 24.1 Å². The van der Waals surface area contributed by atoms with Crippen LogP contribution in [0.2, 0.25) is 0 Å². The van der Waals surface area contributed by atoms with Crippen LogP contribution in [0.1, 0.15) is 23.4 Å². The lowest BCUT2D eigenvalue weighted by Crippen LogP contribution is -2.32. The fraction of sp³-hybridized carbons (Fsp3) is 0.280. The number of aromatic nitrogens is 3. The van der Waals surface area contributed by atoms with E-state index in [9.17, 15) is 4.79 Å². The van der Waals surface area contributed by atoms with E-state index in [0.717, 1.165) is 28.8 Å². The maximum Gasteiger partial charge on any atom is 0.262 e. The van der Waals surface area contributed by atoms with Crippen molar-refractivity contribution < 1.29 is 18.6 Å². The minimum atomic E-state index is -0.115. The van der Waals surface area contributed by atoms with E-state index in [-0.39, 0.29) is 18.4 Å². The first-order valence-corrected chi connectivity index (χ1v) is 10.9. The van der Waals surface area contributed by atoms with Crippen LogP contribution in [0.25, 0.3) is 22.8 Å². The molecule has 5 rings (SSSR count). The lowest BCUT2D eigenvalue weighted by Gasteiger charge is -2.18. The van der Waals surface area contributed by atoms with E-state index in [4.69, 9.17) is 13.8 Å². The average molecular weight is 444 g/mol. The molecule has 1 saturated heterocycles. The summed E-state index contributed by atoms with van der Waals surface area (Å²) < 4.78 is 17.0. The topological polar surface area (TPSA) is 94.5 Å². The highest BCUT2D eigenvalue weighted by molar-refractivity contribution is 5.79. The van der Waals surface area contributed by atoms with Crippen molar-refractivity contribution in [3.8, 4) is 28.6 Å². The molecule has 1 atom stereocenters. The Morgan fingerprint density at radius 1 is 1.06 bits per heavy atom. The van der Waals surface area contributed by atoms with Gasteiger partial charge < -0.3 is 18.7 Å². The molecule has 1 aliphatic rings. The number of para-hydroxylation sites is 1. The number of hydrogen-bond acceptors (Lipinski definition) is 7. The standard InChI is InChI=1S/C25H24N4O4/c1-16-21(17(2)32-27-16)14-23(30)29-13-12-19(15-29)31-22-11-7-6-10-20(22)25-26-24(28-33-25)18-8-4-3-5-9-18/h3-11,19H,12-15H2,1-2H3. The Bertz CT molecular complexity index is 1240. The number of amides is 1. The van der Waals surface area contributed by atoms with Crippen molar-refractivity contribution in [3.63, 3.8) is 0 Å². The van der Waals surface area contributed by atoms with E-state index >= 15 is 0 Å². The Balaban J connectivity index is 1.28. The van der Waals surface area contributed by atoms with E-state index in [2.05, 4.69) is 15.3 Å². The van der Waals surface area contributed by atoms with Gasteiger partial charge in [-0.2, -0.15) is 4.98 Å². The summed E-state index contributed by atoms with van der Waals surface area (Å²) in [6.07, 6.45) is 0.923. The number of benzene rings is 2. The second-order valence-electron chi connectivity index (χ2n) is 8.13. The van der Waals surface area contributed by atoms with Crippen molar-refractivity contribution in [1.82, 2.24) is 20.2 Å². The number of rotatable bonds is 6. The Morgan fingerprint density at radius 2 is 1.85 bits per heavy atom. The summed E-state index contributed by atoms with van der Waals surface area (Å²) in [5.74, 6) is 2.32. The molecule has 8 heteroatoms. The molecule has 0 bridgehead atoms. The molecule has 1 aliphatic heterocycles. The molecule has 1 amide bonds. The van der Waals surface area contributed by atoms with E-state index in [1.54, 1.807) is 0 Å². The van der Waals surface area contributed by atoms with E-state index < -0.39 is 0 Å². The molecule has 0 spiro atoms. The summed E-state index contributed by atoms with van der Waals surface area (Å²) in [6.45, 7) is 4.85. The zero-order chi connectivity index (χ0) is 22.8. The minimum absolute atomic E-state index is 0.0492. The Labute approximate surface area is 191 Å². The highest BCUT2D eigenvalue weighted by Gasteiger charge is 2.29. The molecule has 0 saturated carbocycles. The molecule has 168 valence electrons. The molecule has 2 aromatic carbocycles. The summed E-state index contributed by atoms with van der Waals surface area (Å²) in [6, 6.07) is 17.3. The van der Waals surface area contributed by atoms with Gasteiger partial charge in [-0.15, -0.1) is 0 Å². The molecule has 2 aromatic heterocycles. The monoisotopic (exact) mass is 444 g/mol. The molecule has 3 heterocycles. The first kappa shape index (κ1) is 20.9. The van der Waals surface area contributed by atoms with Crippen LogP contribution in [0.4, 0.5) is 0 Å². The smallest absolute Gasteiger partial charge is 0.262 e. The summed E-state index contributed by atoms with van der Waals surface area (Å²) >= 11 is 0. The van der Waals surface area contributed by atoms with Crippen molar-refractivity contribution in [1.29, 1.82) is 0 Å².